The Kier molecular flexibility index (Phi) is 47.1. The van der Waals surface area contributed by atoms with Gasteiger partial charge in [0.05, 0.1) is 0 Å². The van der Waals surface area contributed by atoms with Gasteiger partial charge in [-0.2, -0.15) is 0 Å². The zero-order valence-electron chi connectivity index (χ0n) is 19.2. The minimum atomic E-state index is 0.648. The van der Waals surface area contributed by atoms with Crippen molar-refractivity contribution in [2.24, 2.45) is 5.92 Å². The Morgan fingerprint density at radius 3 is 1.08 bits per heavy atom. The van der Waals surface area contributed by atoms with Crippen molar-refractivity contribution in [2.45, 2.75) is 82.1 Å². The summed E-state index contributed by atoms with van der Waals surface area (Å²) in [5.41, 5.74) is 4.23. The van der Waals surface area contributed by atoms with Gasteiger partial charge in [0, 0.05) is 0 Å². The summed E-state index contributed by atoms with van der Waals surface area (Å²) in [4.78, 5) is 0. The Morgan fingerprint density at radius 1 is 0.800 bits per heavy atom. The third kappa shape index (κ3) is 105. The summed E-state index contributed by atoms with van der Waals surface area (Å²) >= 11 is 0. The first-order valence-corrected chi connectivity index (χ1v) is 9.19. The van der Waals surface area contributed by atoms with Gasteiger partial charge in [-0.05, 0) is 60.8 Å². The van der Waals surface area contributed by atoms with Crippen LogP contribution in [0.5, 0.6) is 0 Å². The maximum absolute atomic E-state index is 3.56. The fraction of sp³-hybridized carbons (Fsp3) is 0.520. The van der Waals surface area contributed by atoms with Crippen LogP contribution in [0.1, 0.15) is 82.1 Å². The van der Waals surface area contributed by atoms with Gasteiger partial charge in [-0.3, -0.25) is 0 Å². The second-order valence-corrected chi connectivity index (χ2v) is 6.39. The molecule has 0 aliphatic rings. The van der Waals surface area contributed by atoms with Crippen LogP contribution in [0.15, 0.2) is 73.4 Å². The first-order chi connectivity index (χ1) is 11.5. The highest BCUT2D eigenvalue weighted by atomic mass is 13.8. The molecule has 0 heteroatoms. The molecule has 0 nitrogen and oxygen atoms in total. The van der Waals surface area contributed by atoms with Crippen LogP contribution in [0.2, 0.25) is 0 Å². The van der Waals surface area contributed by atoms with Gasteiger partial charge in [0.15, 0.2) is 0 Å². The zero-order valence-corrected chi connectivity index (χ0v) is 19.2. The van der Waals surface area contributed by atoms with E-state index in [2.05, 4.69) is 94.7 Å². The number of hydrogen-bond acceptors (Lipinski definition) is 0. The van der Waals surface area contributed by atoms with Crippen molar-refractivity contribution in [1.29, 1.82) is 0 Å². The van der Waals surface area contributed by atoms with Crippen molar-refractivity contribution < 1.29 is 0 Å². The fourth-order valence-corrected chi connectivity index (χ4v) is 0.204. The maximum Gasteiger partial charge on any atom is -0.0293 e. The summed E-state index contributed by atoms with van der Waals surface area (Å²) in [7, 11) is 0. The molecular weight excluding hydrogens is 300 g/mol. The van der Waals surface area contributed by atoms with E-state index in [9.17, 15) is 0 Å². The molecule has 0 aliphatic heterocycles. The van der Waals surface area contributed by atoms with Gasteiger partial charge in [0.2, 0.25) is 0 Å². The van der Waals surface area contributed by atoms with Crippen LogP contribution in [0.4, 0.5) is 0 Å². The summed E-state index contributed by atoms with van der Waals surface area (Å²) in [5.74, 6) is 0.648. The van der Waals surface area contributed by atoms with Crippen molar-refractivity contribution in [3.8, 4) is 0 Å². The first kappa shape index (κ1) is 34.7. The standard InChI is InChI=1S/C6H12.3C5H10.C4H6/c1-5(2)6(3)4;2*1-4-5(2)3;1-3-5-4-2;1-3-4-2/h1-4H3;4H,1-3H3;4-5H,1H2,2-3H3;3H,1,4-5H2,2H3;3-4H,1-2H2. The summed E-state index contributed by atoms with van der Waals surface area (Å²) in [6.45, 7) is 34.9. The molecule has 0 saturated carbocycles. The van der Waals surface area contributed by atoms with E-state index in [1.807, 2.05) is 19.1 Å². The molecule has 0 rings (SSSR count). The molecule has 0 aromatic heterocycles. The van der Waals surface area contributed by atoms with E-state index < -0.39 is 0 Å². The lowest BCUT2D eigenvalue weighted by Gasteiger charge is -1.88. The molecule has 0 aliphatic carbocycles. The molecule has 0 heterocycles. The lowest BCUT2D eigenvalue weighted by Crippen LogP contribution is -1.71. The Bertz CT molecular complexity index is 320. The molecule has 0 aromatic carbocycles. The lowest BCUT2D eigenvalue weighted by molar-refractivity contribution is 0.835. The number of unbranched alkanes of at least 4 members (excludes halogenated alkanes) is 1. The molecule has 0 fully saturated rings. The Morgan fingerprint density at radius 2 is 1.08 bits per heavy atom. The average molecular weight is 349 g/mol. The van der Waals surface area contributed by atoms with E-state index in [-0.39, 0.29) is 0 Å². The zero-order chi connectivity index (χ0) is 21.3. The van der Waals surface area contributed by atoms with Gasteiger partial charge in [0.1, 0.15) is 0 Å². The van der Waals surface area contributed by atoms with E-state index in [1.54, 1.807) is 12.2 Å². The number of hydrogen-bond donors (Lipinski definition) is 0. The molecule has 0 unspecified atom stereocenters. The highest BCUT2D eigenvalue weighted by Crippen LogP contribution is 1.97. The molecule has 0 spiro atoms. The van der Waals surface area contributed by atoms with Crippen LogP contribution in [0, 0.1) is 5.92 Å². The van der Waals surface area contributed by atoms with Gasteiger partial charge < -0.3 is 0 Å². The summed E-state index contributed by atoms with van der Waals surface area (Å²) in [5, 5.41) is 0. The highest BCUT2D eigenvalue weighted by Gasteiger charge is 1.75. The van der Waals surface area contributed by atoms with Crippen LogP contribution in [0.3, 0.4) is 0 Å². The van der Waals surface area contributed by atoms with Crippen LogP contribution < -0.4 is 0 Å². The Labute approximate surface area is 161 Å². The minimum absolute atomic E-state index is 0.648. The lowest BCUT2D eigenvalue weighted by atomic mass is 10.2. The largest absolute Gasteiger partial charge is 0.103 e. The van der Waals surface area contributed by atoms with Crippen LogP contribution in [-0.4, -0.2) is 0 Å². The van der Waals surface area contributed by atoms with Crippen LogP contribution in [0.25, 0.3) is 0 Å². The molecule has 0 N–H and O–H groups in total. The maximum atomic E-state index is 3.56. The molecule has 0 bridgehead atoms. The minimum Gasteiger partial charge on any atom is -0.103 e. The Balaban J connectivity index is -0.0000000671. The van der Waals surface area contributed by atoms with Gasteiger partial charge in [0.25, 0.3) is 0 Å². The average Bonchev–Trinajstić information content (AvgIpc) is 2.57. The highest BCUT2D eigenvalue weighted by molar-refractivity contribution is 5.02. The predicted molar refractivity (Wildman–Crippen MR) is 125 cm³/mol. The molecule has 0 atom stereocenters. The molecule has 148 valence electrons. The van der Waals surface area contributed by atoms with Gasteiger partial charge in [-0.1, -0.05) is 87.4 Å². The van der Waals surface area contributed by atoms with Gasteiger partial charge in [-0.25, -0.2) is 0 Å². The van der Waals surface area contributed by atoms with Crippen molar-refractivity contribution in [1.82, 2.24) is 0 Å². The predicted octanol–water partition coefficient (Wildman–Crippen LogP) is 9.49. The molecule has 0 amide bonds. The number of rotatable bonds is 4. The fourth-order valence-electron chi connectivity index (χ4n) is 0.204. The molecule has 0 saturated heterocycles. The summed E-state index contributed by atoms with van der Waals surface area (Å²) in [6.07, 6.45) is 11.6. The van der Waals surface area contributed by atoms with Gasteiger partial charge >= 0.3 is 0 Å². The normalized spacial score (nSPS) is 7.32. The second kappa shape index (κ2) is 33.9. The van der Waals surface area contributed by atoms with Crippen molar-refractivity contribution in [3.05, 3.63) is 73.4 Å². The number of allylic oxidation sites excluding steroid dienone is 8. The topological polar surface area (TPSA) is 0 Å². The van der Waals surface area contributed by atoms with Crippen molar-refractivity contribution >= 4 is 0 Å². The van der Waals surface area contributed by atoms with E-state index in [1.165, 1.54) is 23.1 Å². The third-order valence-corrected chi connectivity index (χ3v) is 2.71. The Hall–Kier alpha value is -1.56. The first-order valence-electron chi connectivity index (χ1n) is 9.19. The van der Waals surface area contributed by atoms with Gasteiger partial charge in [-0.15, -0.1) is 13.2 Å². The van der Waals surface area contributed by atoms with E-state index in [0.717, 1.165) is 6.42 Å². The molecule has 0 radical (unpaired) electrons. The van der Waals surface area contributed by atoms with Crippen molar-refractivity contribution in [2.75, 3.05) is 0 Å². The summed E-state index contributed by atoms with van der Waals surface area (Å²) in [6, 6.07) is 0. The molecular formula is C25H48. The van der Waals surface area contributed by atoms with Crippen LogP contribution >= 0.6 is 0 Å². The third-order valence-electron chi connectivity index (χ3n) is 2.71. The molecule has 0 aromatic rings. The van der Waals surface area contributed by atoms with E-state index in [0.29, 0.717) is 5.92 Å². The smallest absolute Gasteiger partial charge is 0.0293 e. The van der Waals surface area contributed by atoms with Crippen LogP contribution in [-0.2, 0) is 0 Å². The monoisotopic (exact) mass is 348 g/mol. The SMILES string of the molecule is C=CC(C)C.C=CC=C.C=CCCC.CC(C)=C(C)C.CC=C(C)C. The van der Waals surface area contributed by atoms with E-state index in [4.69, 9.17) is 0 Å². The quantitative estimate of drug-likeness (QED) is 0.350. The second-order valence-electron chi connectivity index (χ2n) is 6.39. The molecule has 25 heavy (non-hydrogen) atoms. The van der Waals surface area contributed by atoms with E-state index >= 15 is 0 Å². The van der Waals surface area contributed by atoms with Crippen molar-refractivity contribution in [3.63, 3.8) is 0 Å². The summed E-state index contributed by atoms with van der Waals surface area (Å²) < 4.78 is 0.